The van der Waals surface area contributed by atoms with Gasteiger partial charge in [0.05, 0.1) is 29.9 Å². The maximum absolute atomic E-state index is 13.7. The summed E-state index contributed by atoms with van der Waals surface area (Å²) >= 11 is 0. The first-order valence-electron chi connectivity index (χ1n) is 10.9. The Hall–Kier alpha value is -3.34. The van der Waals surface area contributed by atoms with Crippen LogP contribution < -0.4 is 5.73 Å². The van der Waals surface area contributed by atoms with Crippen LogP contribution in [0.2, 0.25) is 0 Å². The van der Waals surface area contributed by atoms with Gasteiger partial charge in [0.1, 0.15) is 22.8 Å². The Balaban J connectivity index is 0.000000774. The first kappa shape index (κ1) is 30.9. The molecule has 1 aromatic carbocycles. The van der Waals surface area contributed by atoms with Crippen LogP contribution in [-0.4, -0.2) is 104 Å². The van der Waals surface area contributed by atoms with E-state index < -0.39 is 85.8 Å². The number of aromatic hydroxyl groups is 1. The van der Waals surface area contributed by atoms with Crippen LogP contribution in [0.25, 0.3) is 5.76 Å². The van der Waals surface area contributed by atoms with Crippen molar-refractivity contribution in [1.29, 1.82) is 0 Å². The van der Waals surface area contributed by atoms with Gasteiger partial charge in [-0.25, -0.2) is 0 Å². The molecule has 4 rings (SSSR count). The Kier molecular flexibility index (Phi) is 8.20. The highest BCUT2D eigenvalue weighted by Gasteiger charge is 2.68. The second-order valence-corrected chi connectivity index (χ2v) is 11.0. The lowest BCUT2D eigenvalue weighted by Crippen LogP contribution is -2.70. The fraction of sp³-hybridized carbons (Fsp3) is 0.435. The van der Waals surface area contributed by atoms with Gasteiger partial charge >= 0.3 is 0 Å². The number of fused-ring (bicyclic) bond motifs is 3. The molecule has 0 radical (unpaired) electrons. The molecule has 10 N–H and O–H groups in total. The smallest absolute Gasteiger partial charge is 0.261 e. The van der Waals surface area contributed by atoms with E-state index in [1.807, 2.05) is 0 Å². The number of carbonyl (C=O) groups is 3. The number of phenolic OH excluding ortho intramolecular Hbond substituents is 1. The molecular weight excluding hydrogens is 528 g/mol. The van der Waals surface area contributed by atoms with E-state index in [9.17, 15) is 48.3 Å². The molecule has 210 valence electrons. The summed E-state index contributed by atoms with van der Waals surface area (Å²) in [6.07, 6.45) is -0.874. The zero-order valence-corrected chi connectivity index (χ0v) is 21.6. The van der Waals surface area contributed by atoms with Crippen LogP contribution in [0, 0.1) is 11.8 Å². The molecule has 0 saturated heterocycles. The maximum Gasteiger partial charge on any atom is 0.261 e. The number of aliphatic hydroxyl groups is 4. The SMILES string of the molecule is CS(=O)(=O)O.C[C@H]1c2cccc(O)c2C(O)=C2C(=O)[C@]3(O)C(O)=C(C(N)=O)C(=O)[C@@H](N(C)C)[C@@H]3[C@@H](O)[C@@H]21.O. The number of Topliss-reactive ketones (excluding diaryl/α,β-unsaturated/α-hetero) is 2. The van der Waals surface area contributed by atoms with E-state index >= 15 is 0 Å². The first-order chi connectivity index (χ1) is 16.9. The third kappa shape index (κ3) is 4.57. The van der Waals surface area contributed by atoms with Crippen molar-refractivity contribution in [3.8, 4) is 5.75 Å². The van der Waals surface area contributed by atoms with Gasteiger partial charge in [0.2, 0.25) is 5.78 Å². The number of hydrogen-bond donors (Lipinski definition) is 7. The molecule has 1 amide bonds. The van der Waals surface area contributed by atoms with Crippen molar-refractivity contribution in [1.82, 2.24) is 4.90 Å². The fourth-order valence-electron chi connectivity index (χ4n) is 5.58. The largest absolute Gasteiger partial charge is 0.508 e. The summed E-state index contributed by atoms with van der Waals surface area (Å²) in [7, 11) is -0.747. The van der Waals surface area contributed by atoms with E-state index in [2.05, 4.69) is 0 Å². The van der Waals surface area contributed by atoms with Crippen LogP contribution in [0.4, 0.5) is 0 Å². The number of carbonyl (C=O) groups excluding carboxylic acids is 3. The molecule has 0 aliphatic heterocycles. The molecule has 1 fully saturated rings. The molecule has 0 bridgehead atoms. The van der Waals surface area contributed by atoms with Crippen LogP contribution in [0.1, 0.15) is 24.0 Å². The lowest BCUT2D eigenvalue weighted by molar-refractivity contribution is -0.169. The topological polar surface area (TPSA) is 267 Å². The number of ketones is 2. The monoisotopic (exact) mass is 558 g/mol. The Bertz CT molecular complexity index is 1360. The Morgan fingerprint density at radius 3 is 2.13 bits per heavy atom. The molecule has 3 aliphatic carbocycles. The van der Waals surface area contributed by atoms with Crippen LogP contribution in [0.5, 0.6) is 5.75 Å². The van der Waals surface area contributed by atoms with E-state index in [0.717, 1.165) is 0 Å². The molecule has 15 heteroatoms. The molecule has 14 nitrogen and oxygen atoms in total. The van der Waals surface area contributed by atoms with Gasteiger partial charge < -0.3 is 36.7 Å². The molecule has 1 aromatic rings. The number of hydrogen-bond acceptors (Lipinski definition) is 11. The summed E-state index contributed by atoms with van der Waals surface area (Å²) in [5.41, 5.74) is 1.47. The van der Waals surface area contributed by atoms with Crippen LogP contribution >= 0.6 is 0 Å². The van der Waals surface area contributed by atoms with Crippen molar-refractivity contribution in [2.75, 3.05) is 20.4 Å². The first-order valence-corrected chi connectivity index (χ1v) is 12.8. The Morgan fingerprint density at radius 2 is 1.66 bits per heavy atom. The third-order valence-corrected chi connectivity index (χ3v) is 6.99. The van der Waals surface area contributed by atoms with Gasteiger partial charge in [-0.3, -0.25) is 23.8 Å². The van der Waals surface area contributed by atoms with Gasteiger partial charge in [-0.05, 0) is 31.6 Å². The van der Waals surface area contributed by atoms with Crippen molar-refractivity contribution in [3.05, 3.63) is 46.2 Å². The number of aliphatic hydroxyl groups excluding tert-OH is 3. The minimum absolute atomic E-state index is 0. The standard InChI is InChI=1S/C22H24N2O8.CH4O3S.H2O/c1-7-8-5-4-6-9(25)11(8)16(26)12-10(7)17(27)14-15(24(2)3)18(28)13(21(23)31)20(30)22(14,32)19(12)29;1-5(2,3)4;/h4-7,10,14-15,17,25-27,30,32H,1-3H3,(H2,23,31);1H3,(H,2,3,4);1H2/t7-,10+,14+,15-,17-,22-;;/m0../s1. The van der Waals surface area contributed by atoms with E-state index in [1.54, 1.807) is 19.1 Å². The van der Waals surface area contributed by atoms with Crippen molar-refractivity contribution < 1.29 is 58.4 Å². The third-order valence-electron chi connectivity index (χ3n) is 6.99. The lowest BCUT2D eigenvalue weighted by atomic mass is 9.54. The summed E-state index contributed by atoms with van der Waals surface area (Å²) < 4.78 is 25.9. The minimum atomic E-state index is -3.67. The molecule has 0 spiro atoms. The molecule has 0 heterocycles. The van der Waals surface area contributed by atoms with Gasteiger partial charge in [0, 0.05) is 11.5 Å². The van der Waals surface area contributed by atoms with Gasteiger partial charge in [-0.15, -0.1) is 0 Å². The number of likely N-dealkylation sites (N-methyl/N-ethyl adjacent to an activating group) is 1. The van der Waals surface area contributed by atoms with Gasteiger partial charge in [0.25, 0.3) is 16.0 Å². The highest BCUT2D eigenvalue weighted by molar-refractivity contribution is 7.85. The van der Waals surface area contributed by atoms with E-state index in [-0.39, 0.29) is 16.8 Å². The molecular formula is C23H30N2O12S. The number of benzene rings is 1. The quantitative estimate of drug-likeness (QED) is 0.156. The van der Waals surface area contributed by atoms with Gasteiger partial charge in [0.15, 0.2) is 11.4 Å². The second kappa shape index (κ2) is 10.1. The van der Waals surface area contributed by atoms with Gasteiger partial charge in [-0.1, -0.05) is 19.1 Å². The summed E-state index contributed by atoms with van der Waals surface area (Å²) in [5.74, 6) is -8.87. The predicted octanol–water partition coefficient (Wildman–Crippen LogP) is -1.82. The van der Waals surface area contributed by atoms with Crippen molar-refractivity contribution in [2.24, 2.45) is 17.6 Å². The number of phenols is 1. The molecule has 0 aromatic heterocycles. The highest BCUT2D eigenvalue weighted by Crippen LogP contribution is 2.55. The van der Waals surface area contributed by atoms with E-state index in [0.29, 0.717) is 11.8 Å². The lowest BCUT2D eigenvalue weighted by Gasteiger charge is -2.53. The molecule has 1 saturated carbocycles. The van der Waals surface area contributed by atoms with Crippen molar-refractivity contribution in [2.45, 2.75) is 30.6 Å². The summed E-state index contributed by atoms with van der Waals surface area (Å²) in [4.78, 5) is 40.0. The van der Waals surface area contributed by atoms with Gasteiger partial charge in [-0.2, -0.15) is 8.42 Å². The fourth-order valence-corrected chi connectivity index (χ4v) is 5.58. The number of amides is 1. The van der Waals surface area contributed by atoms with Crippen LogP contribution in [0.15, 0.2) is 35.1 Å². The number of primary amides is 1. The number of nitrogens with two attached hydrogens (primary N) is 1. The Morgan fingerprint density at radius 1 is 1.13 bits per heavy atom. The average molecular weight is 559 g/mol. The number of nitrogens with zero attached hydrogens (tertiary/aromatic N) is 1. The minimum Gasteiger partial charge on any atom is -0.508 e. The van der Waals surface area contributed by atoms with E-state index in [1.165, 1.54) is 25.1 Å². The normalized spacial score (nSPS) is 30.5. The summed E-state index contributed by atoms with van der Waals surface area (Å²) in [6.45, 7) is 1.68. The summed E-state index contributed by atoms with van der Waals surface area (Å²) in [5, 5.41) is 54.9. The summed E-state index contributed by atoms with van der Waals surface area (Å²) in [6, 6.07) is 3.13. The number of rotatable bonds is 2. The van der Waals surface area contributed by atoms with Crippen molar-refractivity contribution >= 4 is 33.4 Å². The zero-order chi connectivity index (χ0) is 28.4. The zero-order valence-electron chi connectivity index (χ0n) is 20.8. The van der Waals surface area contributed by atoms with Crippen molar-refractivity contribution in [3.63, 3.8) is 0 Å². The van der Waals surface area contributed by atoms with E-state index in [4.69, 9.17) is 10.3 Å². The van der Waals surface area contributed by atoms with Crippen LogP contribution in [-0.2, 0) is 24.5 Å². The Labute approximate surface area is 217 Å². The molecule has 0 unspecified atom stereocenters. The maximum atomic E-state index is 13.7. The molecule has 38 heavy (non-hydrogen) atoms. The predicted molar refractivity (Wildman–Crippen MR) is 131 cm³/mol. The second-order valence-electron chi connectivity index (χ2n) is 9.52. The average Bonchev–Trinajstić information content (AvgIpc) is 2.74. The highest BCUT2D eigenvalue weighted by atomic mass is 32.2. The molecule has 6 atom stereocenters. The van der Waals surface area contributed by atoms with Crippen LogP contribution in [0.3, 0.4) is 0 Å². The molecule has 3 aliphatic rings.